The van der Waals surface area contributed by atoms with Crippen molar-refractivity contribution in [2.24, 2.45) is 0 Å². The Morgan fingerprint density at radius 3 is 2.69 bits per heavy atom. The minimum atomic E-state index is -0.314. The third-order valence-electron chi connectivity index (χ3n) is 5.94. The second-order valence-electron chi connectivity index (χ2n) is 8.31. The van der Waals surface area contributed by atoms with Crippen LogP contribution in [-0.4, -0.2) is 63.0 Å². The SMILES string of the molecule is COc1cccc(NC(=O)CN2C(=O)[C@@H]3CCCCN3c3ccc(C(=O)N(C)C)cc32)c1. The minimum absolute atomic E-state index is 0.104. The van der Waals surface area contributed by atoms with Crippen LogP contribution in [0.15, 0.2) is 42.5 Å². The fourth-order valence-electron chi connectivity index (χ4n) is 4.36. The van der Waals surface area contributed by atoms with Crippen molar-refractivity contribution in [2.75, 3.05) is 49.4 Å². The number of ether oxygens (including phenoxy) is 1. The smallest absolute Gasteiger partial charge is 0.253 e. The fourth-order valence-corrected chi connectivity index (χ4v) is 4.36. The summed E-state index contributed by atoms with van der Waals surface area (Å²) in [5.74, 6) is 0.0623. The third kappa shape index (κ3) is 4.12. The number of hydrogen-bond acceptors (Lipinski definition) is 5. The Hall–Kier alpha value is -3.55. The molecule has 0 radical (unpaired) electrons. The highest BCUT2D eigenvalue weighted by Crippen LogP contribution is 2.40. The molecule has 1 N–H and O–H groups in total. The van der Waals surface area contributed by atoms with Crippen LogP contribution in [0.4, 0.5) is 17.1 Å². The molecule has 2 aromatic rings. The highest BCUT2D eigenvalue weighted by molar-refractivity contribution is 6.11. The second kappa shape index (κ2) is 8.90. The molecule has 3 amide bonds. The maximum absolute atomic E-state index is 13.4. The number of carbonyl (C=O) groups is 3. The summed E-state index contributed by atoms with van der Waals surface area (Å²) in [5, 5.41) is 2.84. The normalized spacial score (nSPS) is 17.3. The molecule has 1 saturated heterocycles. The number of hydrogen-bond donors (Lipinski definition) is 1. The van der Waals surface area contributed by atoms with Gasteiger partial charge in [0.15, 0.2) is 0 Å². The fraction of sp³-hybridized carbons (Fsp3) is 0.375. The first-order valence-electron chi connectivity index (χ1n) is 10.8. The molecule has 0 unspecified atom stereocenters. The van der Waals surface area contributed by atoms with Gasteiger partial charge < -0.3 is 19.9 Å². The predicted octanol–water partition coefficient (Wildman–Crippen LogP) is 2.74. The molecule has 1 fully saturated rings. The molecular formula is C24H28N4O4. The number of carbonyl (C=O) groups excluding carboxylic acids is 3. The van der Waals surface area contributed by atoms with E-state index in [1.54, 1.807) is 57.6 Å². The van der Waals surface area contributed by atoms with E-state index in [4.69, 9.17) is 4.74 Å². The van der Waals surface area contributed by atoms with Crippen LogP contribution < -0.4 is 19.9 Å². The monoisotopic (exact) mass is 436 g/mol. The largest absolute Gasteiger partial charge is 0.497 e. The van der Waals surface area contributed by atoms with Gasteiger partial charge in [0.1, 0.15) is 18.3 Å². The van der Waals surface area contributed by atoms with E-state index in [0.717, 1.165) is 31.5 Å². The maximum atomic E-state index is 13.4. The van der Waals surface area contributed by atoms with E-state index in [0.29, 0.717) is 22.7 Å². The Morgan fingerprint density at radius 1 is 1.12 bits per heavy atom. The van der Waals surface area contributed by atoms with E-state index in [1.165, 1.54) is 9.80 Å². The van der Waals surface area contributed by atoms with E-state index in [-0.39, 0.29) is 30.3 Å². The number of nitrogens with zero attached hydrogens (tertiary/aromatic N) is 3. The zero-order valence-electron chi connectivity index (χ0n) is 18.6. The van der Waals surface area contributed by atoms with Gasteiger partial charge in [-0.3, -0.25) is 19.3 Å². The van der Waals surface area contributed by atoms with Gasteiger partial charge in [0, 0.05) is 38.0 Å². The van der Waals surface area contributed by atoms with Crippen LogP contribution in [0.2, 0.25) is 0 Å². The van der Waals surface area contributed by atoms with E-state index < -0.39 is 0 Å². The summed E-state index contributed by atoms with van der Waals surface area (Å²) in [5.41, 5.74) is 2.56. The molecule has 0 aliphatic carbocycles. The summed E-state index contributed by atoms with van der Waals surface area (Å²) in [7, 11) is 4.94. The number of nitrogens with one attached hydrogen (secondary N) is 1. The molecule has 2 heterocycles. The first kappa shape index (κ1) is 21.7. The number of piperidine rings is 1. The average Bonchev–Trinajstić information content (AvgIpc) is 2.81. The zero-order chi connectivity index (χ0) is 22.8. The van der Waals surface area contributed by atoms with Crippen LogP contribution in [0, 0.1) is 0 Å². The average molecular weight is 437 g/mol. The molecular weight excluding hydrogens is 408 g/mol. The molecule has 2 aliphatic heterocycles. The maximum Gasteiger partial charge on any atom is 0.253 e. The van der Waals surface area contributed by atoms with Gasteiger partial charge in [0.25, 0.3) is 5.91 Å². The van der Waals surface area contributed by atoms with Gasteiger partial charge in [-0.15, -0.1) is 0 Å². The molecule has 4 rings (SSSR count). The van der Waals surface area contributed by atoms with Crippen molar-refractivity contribution < 1.29 is 19.1 Å². The molecule has 0 spiro atoms. The summed E-state index contributed by atoms with van der Waals surface area (Å²) < 4.78 is 5.21. The second-order valence-corrected chi connectivity index (χ2v) is 8.31. The van der Waals surface area contributed by atoms with Gasteiger partial charge in [0.05, 0.1) is 18.5 Å². The number of rotatable bonds is 5. The lowest BCUT2D eigenvalue weighted by Gasteiger charge is -2.45. The highest BCUT2D eigenvalue weighted by atomic mass is 16.5. The van der Waals surface area contributed by atoms with E-state index in [9.17, 15) is 14.4 Å². The molecule has 2 aliphatic rings. The summed E-state index contributed by atoms with van der Waals surface area (Å²) in [6.07, 6.45) is 2.74. The summed E-state index contributed by atoms with van der Waals surface area (Å²) in [6.45, 7) is 0.654. The topological polar surface area (TPSA) is 82.2 Å². The Labute approximate surface area is 187 Å². The van der Waals surface area contributed by atoms with Crippen molar-refractivity contribution in [1.82, 2.24) is 4.90 Å². The molecule has 1 atom stereocenters. The van der Waals surface area contributed by atoms with Crippen LogP contribution in [-0.2, 0) is 9.59 Å². The lowest BCUT2D eigenvalue weighted by molar-refractivity contribution is -0.123. The van der Waals surface area contributed by atoms with Crippen molar-refractivity contribution >= 4 is 34.8 Å². The van der Waals surface area contributed by atoms with Crippen molar-refractivity contribution in [2.45, 2.75) is 25.3 Å². The van der Waals surface area contributed by atoms with E-state index in [1.807, 2.05) is 6.07 Å². The lowest BCUT2D eigenvalue weighted by Crippen LogP contribution is -2.56. The van der Waals surface area contributed by atoms with Gasteiger partial charge >= 0.3 is 0 Å². The number of benzene rings is 2. The van der Waals surface area contributed by atoms with E-state index >= 15 is 0 Å². The summed E-state index contributed by atoms with van der Waals surface area (Å²) >= 11 is 0. The van der Waals surface area contributed by atoms with E-state index in [2.05, 4.69) is 10.2 Å². The Kier molecular flexibility index (Phi) is 6.03. The zero-order valence-corrected chi connectivity index (χ0v) is 18.6. The number of amides is 3. The molecule has 2 aromatic carbocycles. The van der Waals surface area contributed by atoms with Crippen molar-refractivity contribution in [3.05, 3.63) is 48.0 Å². The number of methoxy groups -OCH3 is 1. The Bertz CT molecular complexity index is 1050. The molecule has 0 bridgehead atoms. The van der Waals surface area contributed by atoms with Gasteiger partial charge in [-0.25, -0.2) is 0 Å². The summed E-state index contributed by atoms with van der Waals surface area (Å²) in [4.78, 5) is 44.0. The van der Waals surface area contributed by atoms with Gasteiger partial charge in [-0.05, 0) is 49.6 Å². The quantitative estimate of drug-likeness (QED) is 0.780. The molecule has 8 heteroatoms. The molecule has 168 valence electrons. The molecule has 0 aromatic heterocycles. The minimum Gasteiger partial charge on any atom is -0.497 e. The molecule has 0 saturated carbocycles. The van der Waals surface area contributed by atoms with Crippen LogP contribution in [0.5, 0.6) is 5.75 Å². The van der Waals surface area contributed by atoms with Crippen LogP contribution >= 0.6 is 0 Å². The van der Waals surface area contributed by atoms with Crippen molar-refractivity contribution in [1.29, 1.82) is 0 Å². The van der Waals surface area contributed by atoms with Crippen LogP contribution in [0.1, 0.15) is 29.6 Å². The lowest BCUT2D eigenvalue weighted by atomic mass is 9.95. The van der Waals surface area contributed by atoms with Gasteiger partial charge in [-0.1, -0.05) is 6.07 Å². The first-order chi connectivity index (χ1) is 15.4. The first-order valence-corrected chi connectivity index (χ1v) is 10.8. The number of fused-ring (bicyclic) bond motifs is 3. The standard InChI is InChI=1S/C24H28N4O4/c1-26(2)23(30)16-10-11-19-21(13-16)28(24(31)20-9-4-5-12-27(19)20)15-22(29)25-17-7-6-8-18(14-17)32-3/h6-8,10-11,13-14,20H,4-5,9,12,15H2,1-3H3,(H,25,29)/t20-/m0/s1. The van der Waals surface area contributed by atoms with Crippen molar-refractivity contribution in [3.8, 4) is 5.75 Å². The predicted molar refractivity (Wildman–Crippen MR) is 123 cm³/mol. The van der Waals surface area contributed by atoms with Crippen molar-refractivity contribution in [3.63, 3.8) is 0 Å². The van der Waals surface area contributed by atoms with Crippen LogP contribution in [0.25, 0.3) is 0 Å². The number of anilines is 3. The Morgan fingerprint density at radius 2 is 1.94 bits per heavy atom. The third-order valence-corrected chi connectivity index (χ3v) is 5.94. The Balaban J connectivity index is 1.65. The van der Waals surface area contributed by atoms with Gasteiger partial charge in [-0.2, -0.15) is 0 Å². The summed E-state index contributed by atoms with van der Waals surface area (Å²) in [6, 6.07) is 12.2. The van der Waals surface area contributed by atoms with Crippen LogP contribution in [0.3, 0.4) is 0 Å². The van der Waals surface area contributed by atoms with Gasteiger partial charge in [0.2, 0.25) is 11.8 Å². The highest BCUT2D eigenvalue weighted by Gasteiger charge is 2.40. The molecule has 32 heavy (non-hydrogen) atoms. The molecule has 8 nitrogen and oxygen atoms in total.